The molecule has 4 nitrogen and oxygen atoms in total. The number of rotatable bonds is 5. The molecule has 0 aliphatic heterocycles. The molecule has 0 radical (unpaired) electrons. The zero-order valence-electron chi connectivity index (χ0n) is 13.5. The summed E-state index contributed by atoms with van der Waals surface area (Å²) < 4.78 is 2.20. The van der Waals surface area contributed by atoms with Crippen LogP contribution in [0.25, 0.3) is 10.9 Å². The zero-order valence-corrected chi connectivity index (χ0v) is 13.5. The van der Waals surface area contributed by atoms with Gasteiger partial charge < -0.3 is 15.2 Å². The average Bonchev–Trinajstić information content (AvgIpc) is 2.68. The Morgan fingerprint density at radius 1 is 1.24 bits per heavy atom. The van der Waals surface area contributed by atoms with Crippen LogP contribution in [0.2, 0.25) is 0 Å². The molecule has 0 aliphatic rings. The number of nitrogens with zero attached hydrogens (tertiary/aromatic N) is 1. The zero-order chi connectivity index (χ0) is 15.6. The number of nitrogens with one attached hydrogen (secondary N) is 2. The molecule has 1 atom stereocenters. The molecule has 1 heterocycles. The minimum Gasteiger partial charge on any atom is -0.353 e. The molecule has 1 unspecified atom stereocenters. The monoisotopic (exact) mass is 287 g/mol. The molecule has 0 saturated heterocycles. The maximum Gasteiger partial charge on any atom is 0.237 e. The van der Waals surface area contributed by atoms with E-state index in [0.717, 1.165) is 0 Å². The first-order valence-electron chi connectivity index (χ1n) is 7.48. The number of hydrogen-bond donors (Lipinski definition) is 2. The van der Waals surface area contributed by atoms with E-state index in [0.29, 0.717) is 6.54 Å². The van der Waals surface area contributed by atoms with Crippen LogP contribution in [0, 0.1) is 6.92 Å². The van der Waals surface area contributed by atoms with Crippen LogP contribution in [0.5, 0.6) is 0 Å². The van der Waals surface area contributed by atoms with Gasteiger partial charge in [-0.2, -0.15) is 0 Å². The molecule has 0 bridgehead atoms. The molecule has 2 N–H and O–H groups in total. The summed E-state index contributed by atoms with van der Waals surface area (Å²) in [6.45, 7) is 8.66. The molecule has 4 heteroatoms. The van der Waals surface area contributed by atoms with Crippen LogP contribution in [0.3, 0.4) is 0 Å². The first kappa shape index (κ1) is 15.6. The summed E-state index contributed by atoms with van der Waals surface area (Å²) in [5, 5.41) is 7.51. The van der Waals surface area contributed by atoms with Crippen molar-refractivity contribution in [3.8, 4) is 0 Å². The minimum absolute atomic E-state index is 0.0430. The lowest BCUT2D eigenvalue weighted by atomic mass is 10.1. The van der Waals surface area contributed by atoms with Gasteiger partial charge in [0.2, 0.25) is 5.91 Å². The van der Waals surface area contributed by atoms with Crippen molar-refractivity contribution in [3.05, 3.63) is 35.5 Å². The van der Waals surface area contributed by atoms with Crippen molar-refractivity contribution >= 4 is 16.8 Å². The first-order valence-corrected chi connectivity index (χ1v) is 7.48. The van der Waals surface area contributed by atoms with Gasteiger partial charge in [-0.15, -0.1) is 0 Å². The molecule has 1 aromatic heterocycles. The Morgan fingerprint density at radius 2 is 1.90 bits per heavy atom. The van der Waals surface area contributed by atoms with E-state index in [4.69, 9.17) is 0 Å². The number of carbonyl (C=O) groups is 1. The van der Waals surface area contributed by atoms with Crippen molar-refractivity contribution in [2.75, 3.05) is 0 Å². The van der Waals surface area contributed by atoms with Crippen LogP contribution >= 0.6 is 0 Å². The fraction of sp³-hybridized carbons (Fsp3) is 0.471. The lowest BCUT2D eigenvalue weighted by molar-refractivity contribution is -0.123. The number of para-hydroxylation sites is 1. The predicted molar refractivity (Wildman–Crippen MR) is 87.2 cm³/mol. The summed E-state index contributed by atoms with van der Waals surface area (Å²) >= 11 is 0. The van der Waals surface area contributed by atoms with Gasteiger partial charge in [-0.25, -0.2) is 0 Å². The smallest absolute Gasteiger partial charge is 0.237 e. The lowest BCUT2D eigenvalue weighted by Crippen LogP contribution is -2.44. The highest BCUT2D eigenvalue weighted by Gasteiger charge is 2.16. The number of hydrogen-bond acceptors (Lipinski definition) is 2. The van der Waals surface area contributed by atoms with Crippen LogP contribution < -0.4 is 10.6 Å². The molecule has 2 aromatic rings. The number of amides is 1. The Kier molecular flexibility index (Phi) is 4.68. The van der Waals surface area contributed by atoms with Crippen LogP contribution in [0.1, 0.15) is 32.0 Å². The highest BCUT2D eigenvalue weighted by molar-refractivity contribution is 5.85. The topological polar surface area (TPSA) is 46.1 Å². The summed E-state index contributed by atoms with van der Waals surface area (Å²) in [4.78, 5) is 11.9. The van der Waals surface area contributed by atoms with Gasteiger partial charge in [-0.05, 0) is 39.3 Å². The molecule has 2 rings (SSSR count). The van der Waals surface area contributed by atoms with E-state index in [9.17, 15) is 4.79 Å². The summed E-state index contributed by atoms with van der Waals surface area (Å²) in [6.07, 6.45) is 0. The van der Waals surface area contributed by atoms with Gasteiger partial charge >= 0.3 is 0 Å². The third-order valence-electron chi connectivity index (χ3n) is 3.91. The third kappa shape index (κ3) is 3.27. The molecule has 1 aromatic carbocycles. The van der Waals surface area contributed by atoms with E-state index in [1.165, 1.54) is 22.2 Å². The molecular formula is C17H25N3O. The summed E-state index contributed by atoms with van der Waals surface area (Å²) in [6, 6.07) is 8.35. The molecule has 0 aliphatic carbocycles. The van der Waals surface area contributed by atoms with Crippen molar-refractivity contribution in [1.29, 1.82) is 0 Å². The molecule has 0 spiro atoms. The highest BCUT2D eigenvalue weighted by Crippen LogP contribution is 2.24. The summed E-state index contributed by atoms with van der Waals surface area (Å²) in [5.74, 6) is 0.0430. The maximum atomic E-state index is 11.9. The summed E-state index contributed by atoms with van der Waals surface area (Å²) in [7, 11) is 2.07. The molecular weight excluding hydrogens is 262 g/mol. The lowest BCUT2D eigenvalue weighted by Gasteiger charge is -2.16. The van der Waals surface area contributed by atoms with Gasteiger partial charge in [-0.3, -0.25) is 4.79 Å². The second-order valence-corrected chi connectivity index (χ2v) is 5.91. The predicted octanol–water partition coefficient (Wildman–Crippen LogP) is 2.49. The van der Waals surface area contributed by atoms with Crippen LogP contribution in [0.15, 0.2) is 24.3 Å². The van der Waals surface area contributed by atoms with E-state index in [-0.39, 0.29) is 18.0 Å². The Hall–Kier alpha value is -1.81. The van der Waals surface area contributed by atoms with E-state index < -0.39 is 0 Å². The van der Waals surface area contributed by atoms with Crippen LogP contribution in [-0.4, -0.2) is 22.6 Å². The van der Waals surface area contributed by atoms with Gasteiger partial charge in [0.25, 0.3) is 0 Å². The van der Waals surface area contributed by atoms with Crippen molar-refractivity contribution in [2.45, 2.75) is 46.3 Å². The first-order chi connectivity index (χ1) is 9.91. The largest absolute Gasteiger partial charge is 0.353 e. The highest BCUT2D eigenvalue weighted by atomic mass is 16.2. The summed E-state index contributed by atoms with van der Waals surface area (Å²) in [5.41, 5.74) is 3.73. The van der Waals surface area contributed by atoms with E-state index >= 15 is 0 Å². The fourth-order valence-corrected chi connectivity index (χ4v) is 2.64. The molecule has 0 fully saturated rings. The van der Waals surface area contributed by atoms with E-state index in [2.05, 4.69) is 53.4 Å². The maximum absolute atomic E-state index is 11.9. The Morgan fingerprint density at radius 3 is 2.52 bits per heavy atom. The average molecular weight is 287 g/mol. The molecule has 21 heavy (non-hydrogen) atoms. The van der Waals surface area contributed by atoms with Gasteiger partial charge in [0.1, 0.15) is 0 Å². The van der Waals surface area contributed by atoms with Crippen molar-refractivity contribution in [1.82, 2.24) is 15.2 Å². The van der Waals surface area contributed by atoms with Gasteiger partial charge in [-0.1, -0.05) is 18.2 Å². The normalized spacial score (nSPS) is 12.9. The Balaban J connectivity index is 2.12. The number of benzene rings is 1. The SMILES string of the molecule is Cc1c(CNC(C)C(=O)NC(C)C)n(C)c2ccccc12. The second-order valence-electron chi connectivity index (χ2n) is 5.91. The quantitative estimate of drug-likeness (QED) is 0.887. The van der Waals surface area contributed by atoms with Gasteiger partial charge in [0.15, 0.2) is 0 Å². The standard InChI is InChI=1S/C17H25N3O/c1-11(2)19-17(21)13(4)18-10-16-12(3)14-8-6-7-9-15(14)20(16)5/h6-9,11,13,18H,10H2,1-5H3,(H,19,21). The number of aryl methyl sites for hydroxylation is 2. The number of fused-ring (bicyclic) bond motifs is 1. The van der Waals surface area contributed by atoms with Gasteiger partial charge in [0, 0.05) is 36.2 Å². The molecule has 114 valence electrons. The minimum atomic E-state index is -0.204. The van der Waals surface area contributed by atoms with Crippen LogP contribution in [-0.2, 0) is 18.4 Å². The Labute approximate surface area is 126 Å². The van der Waals surface area contributed by atoms with Crippen molar-refractivity contribution < 1.29 is 4.79 Å². The number of aromatic nitrogens is 1. The van der Waals surface area contributed by atoms with E-state index in [1.807, 2.05) is 20.8 Å². The fourth-order valence-electron chi connectivity index (χ4n) is 2.64. The second kappa shape index (κ2) is 6.31. The Bertz CT molecular complexity index is 604. The van der Waals surface area contributed by atoms with Crippen molar-refractivity contribution in [2.24, 2.45) is 7.05 Å². The van der Waals surface area contributed by atoms with E-state index in [1.54, 1.807) is 0 Å². The third-order valence-corrected chi connectivity index (χ3v) is 3.91. The van der Waals surface area contributed by atoms with Gasteiger partial charge in [0.05, 0.1) is 6.04 Å². The van der Waals surface area contributed by atoms with Crippen LogP contribution in [0.4, 0.5) is 0 Å². The number of carbonyl (C=O) groups excluding carboxylic acids is 1. The molecule has 1 amide bonds. The molecule has 0 saturated carbocycles. The van der Waals surface area contributed by atoms with Crippen molar-refractivity contribution in [3.63, 3.8) is 0 Å².